The number of anilines is 1. The number of hydrogen-bond acceptors (Lipinski definition) is 9. The minimum absolute atomic E-state index is 0.0277. The standard InChI is InChI=1S/C25H29N7O4S/c1-15(2)12-20(34)28-22-13-16(14-37-22)23-29-21(36-32-23)9-8-19(33)26-10-5-11-27-24-17-6-3-4-7-18(17)25(35)31-30-24/h3-4,6-7,13-15,18,27H,5,8-12H2,1-2H3,(H,26,33)(H,28,34). The van der Waals surface area contributed by atoms with Crippen LogP contribution in [-0.4, -0.2) is 41.0 Å². The fourth-order valence-corrected chi connectivity index (χ4v) is 4.52. The van der Waals surface area contributed by atoms with Crippen LogP contribution in [0.2, 0.25) is 0 Å². The first-order valence-electron chi connectivity index (χ1n) is 12.2. The Balaban J connectivity index is 1.15. The molecule has 4 rings (SSSR count). The normalized spacial score (nSPS) is 16.3. The minimum Gasteiger partial charge on any atom is -0.368 e. The molecule has 0 aromatic carbocycles. The minimum atomic E-state index is -0.382. The Bertz CT molecular complexity index is 1270. The molecular weight excluding hydrogens is 494 g/mol. The fourth-order valence-electron chi connectivity index (χ4n) is 3.72. The summed E-state index contributed by atoms with van der Waals surface area (Å²) in [5.41, 5.74) is 1.56. The van der Waals surface area contributed by atoms with Crippen molar-refractivity contribution >= 4 is 34.1 Å². The van der Waals surface area contributed by atoms with E-state index in [0.29, 0.717) is 49.9 Å². The molecule has 194 valence electrons. The van der Waals surface area contributed by atoms with Crippen LogP contribution in [0.1, 0.15) is 39.0 Å². The molecule has 3 N–H and O–H groups in total. The molecule has 11 nitrogen and oxygen atoms in total. The van der Waals surface area contributed by atoms with Crippen molar-refractivity contribution < 1.29 is 18.9 Å². The first kappa shape index (κ1) is 26.1. The van der Waals surface area contributed by atoms with Crippen LogP contribution in [0.25, 0.3) is 11.4 Å². The highest BCUT2D eigenvalue weighted by Gasteiger charge is 2.27. The van der Waals surface area contributed by atoms with E-state index in [1.165, 1.54) is 11.3 Å². The van der Waals surface area contributed by atoms with E-state index < -0.39 is 0 Å². The second kappa shape index (κ2) is 12.3. The van der Waals surface area contributed by atoms with Gasteiger partial charge in [0.1, 0.15) is 0 Å². The van der Waals surface area contributed by atoms with Crippen LogP contribution < -0.4 is 16.0 Å². The second-order valence-corrected chi connectivity index (χ2v) is 9.96. The van der Waals surface area contributed by atoms with E-state index in [2.05, 4.69) is 36.3 Å². The van der Waals surface area contributed by atoms with E-state index in [4.69, 9.17) is 4.52 Å². The summed E-state index contributed by atoms with van der Waals surface area (Å²) in [6.45, 7) is 5.05. The molecule has 0 saturated carbocycles. The lowest BCUT2D eigenvalue weighted by molar-refractivity contribution is -0.121. The second-order valence-electron chi connectivity index (χ2n) is 9.05. The Labute approximate surface area is 218 Å². The van der Waals surface area contributed by atoms with Gasteiger partial charge in [0.05, 0.1) is 10.9 Å². The van der Waals surface area contributed by atoms with Crippen molar-refractivity contribution in [2.45, 2.75) is 39.5 Å². The van der Waals surface area contributed by atoms with Gasteiger partial charge in [0, 0.05) is 48.9 Å². The number of carbonyl (C=O) groups is 3. The molecule has 0 saturated heterocycles. The molecule has 2 aromatic rings. The average Bonchev–Trinajstić information content (AvgIpc) is 3.53. The maximum Gasteiger partial charge on any atom is 0.276 e. The van der Waals surface area contributed by atoms with Gasteiger partial charge in [-0.05, 0) is 18.4 Å². The molecule has 0 bridgehead atoms. The highest BCUT2D eigenvalue weighted by Crippen LogP contribution is 2.28. The van der Waals surface area contributed by atoms with Crippen molar-refractivity contribution in [1.82, 2.24) is 20.8 Å². The van der Waals surface area contributed by atoms with Crippen LogP contribution in [0.3, 0.4) is 0 Å². The number of rotatable bonds is 12. The van der Waals surface area contributed by atoms with Crippen molar-refractivity contribution in [3.63, 3.8) is 0 Å². The Kier molecular flexibility index (Phi) is 8.72. The third kappa shape index (κ3) is 7.29. The third-order valence-corrected chi connectivity index (χ3v) is 6.38. The van der Waals surface area contributed by atoms with Gasteiger partial charge in [0.2, 0.25) is 23.5 Å². The van der Waals surface area contributed by atoms with E-state index in [-0.39, 0.29) is 36.0 Å². The number of nitrogens with zero attached hydrogens (tertiary/aromatic N) is 4. The van der Waals surface area contributed by atoms with Crippen LogP contribution >= 0.6 is 11.3 Å². The first-order chi connectivity index (χ1) is 17.9. The molecule has 1 aliphatic carbocycles. The summed E-state index contributed by atoms with van der Waals surface area (Å²) in [5, 5.41) is 23.2. The topological polar surface area (TPSA) is 151 Å². The van der Waals surface area contributed by atoms with E-state index in [0.717, 1.165) is 16.1 Å². The predicted octanol–water partition coefficient (Wildman–Crippen LogP) is 3.76. The number of aromatic nitrogens is 2. The van der Waals surface area contributed by atoms with Crippen molar-refractivity contribution in [3.05, 3.63) is 53.0 Å². The number of aryl methyl sites for hydroxylation is 1. The lowest BCUT2D eigenvalue weighted by Gasteiger charge is -2.20. The van der Waals surface area contributed by atoms with Gasteiger partial charge >= 0.3 is 0 Å². The number of carbonyl (C=O) groups excluding carboxylic acids is 3. The SMILES string of the molecule is CC(C)CC(=O)Nc1cc(-c2noc(CCC(=O)NCCCNC3=C4C=CC=CC4C(=O)N=N3)n2)cs1. The summed E-state index contributed by atoms with van der Waals surface area (Å²) >= 11 is 1.40. The molecule has 2 aliphatic rings. The Hall–Kier alpha value is -3.93. The molecule has 3 heterocycles. The zero-order valence-electron chi connectivity index (χ0n) is 20.7. The Morgan fingerprint density at radius 3 is 2.86 bits per heavy atom. The maximum atomic E-state index is 12.2. The number of nitrogens with one attached hydrogen (secondary N) is 3. The van der Waals surface area contributed by atoms with Crippen LogP contribution in [-0.2, 0) is 20.8 Å². The van der Waals surface area contributed by atoms with Crippen molar-refractivity contribution in [2.75, 3.05) is 18.4 Å². The summed E-state index contributed by atoms with van der Waals surface area (Å²) in [7, 11) is 0. The summed E-state index contributed by atoms with van der Waals surface area (Å²) in [6.07, 6.45) is 9.03. The largest absolute Gasteiger partial charge is 0.368 e. The van der Waals surface area contributed by atoms with Crippen LogP contribution in [0.4, 0.5) is 5.00 Å². The van der Waals surface area contributed by atoms with E-state index in [1.54, 1.807) is 6.08 Å². The van der Waals surface area contributed by atoms with Crippen molar-refractivity contribution in [3.8, 4) is 11.4 Å². The molecule has 0 fully saturated rings. The van der Waals surface area contributed by atoms with Crippen LogP contribution in [0.15, 0.2) is 61.9 Å². The average molecular weight is 524 g/mol. The highest BCUT2D eigenvalue weighted by molar-refractivity contribution is 7.14. The molecule has 3 amide bonds. The molecule has 1 unspecified atom stereocenters. The smallest absolute Gasteiger partial charge is 0.276 e. The lowest BCUT2D eigenvalue weighted by atomic mass is 9.93. The van der Waals surface area contributed by atoms with Gasteiger partial charge in [-0.1, -0.05) is 43.3 Å². The Morgan fingerprint density at radius 1 is 1.16 bits per heavy atom. The summed E-state index contributed by atoms with van der Waals surface area (Å²) in [4.78, 5) is 40.4. The van der Waals surface area contributed by atoms with Gasteiger partial charge in [-0.15, -0.1) is 21.6 Å². The predicted molar refractivity (Wildman–Crippen MR) is 138 cm³/mol. The Morgan fingerprint density at radius 2 is 2.03 bits per heavy atom. The highest BCUT2D eigenvalue weighted by atomic mass is 32.1. The number of allylic oxidation sites excluding steroid dienone is 3. The zero-order valence-corrected chi connectivity index (χ0v) is 21.5. The van der Waals surface area contributed by atoms with Crippen molar-refractivity contribution in [2.24, 2.45) is 22.1 Å². The molecule has 0 spiro atoms. The number of fused-ring (bicyclic) bond motifs is 1. The van der Waals surface area contributed by atoms with Gasteiger partial charge in [-0.25, -0.2) is 0 Å². The molecule has 1 atom stereocenters. The lowest BCUT2D eigenvalue weighted by Crippen LogP contribution is -2.28. The molecular formula is C25H29N7O4S. The number of hydrogen-bond donors (Lipinski definition) is 3. The molecule has 0 radical (unpaired) electrons. The maximum absolute atomic E-state index is 12.2. The quantitative estimate of drug-likeness (QED) is 0.358. The van der Waals surface area contributed by atoms with Gasteiger partial charge in [-0.3, -0.25) is 14.4 Å². The fraction of sp³-hybridized carbons (Fsp3) is 0.400. The summed E-state index contributed by atoms with van der Waals surface area (Å²) in [5.74, 6) is 0.866. The van der Waals surface area contributed by atoms with Gasteiger partial charge in [-0.2, -0.15) is 4.98 Å². The van der Waals surface area contributed by atoms with Crippen LogP contribution in [0.5, 0.6) is 0 Å². The van der Waals surface area contributed by atoms with E-state index in [1.807, 2.05) is 43.5 Å². The van der Waals surface area contributed by atoms with Crippen molar-refractivity contribution in [1.29, 1.82) is 0 Å². The number of amides is 3. The molecule has 2 aromatic heterocycles. The van der Waals surface area contributed by atoms with Gasteiger partial charge < -0.3 is 20.5 Å². The monoisotopic (exact) mass is 523 g/mol. The number of azo groups is 1. The van der Waals surface area contributed by atoms with E-state index >= 15 is 0 Å². The third-order valence-electron chi connectivity index (χ3n) is 5.53. The van der Waals surface area contributed by atoms with E-state index in [9.17, 15) is 14.4 Å². The molecule has 1 aliphatic heterocycles. The zero-order chi connectivity index (χ0) is 26.2. The molecule has 37 heavy (non-hydrogen) atoms. The molecule has 12 heteroatoms. The first-order valence-corrected chi connectivity index (χ1v) is 13.0. The van der Waals surface area contributed by atoms with Gasteiger partial charge in [0.25, 0.3) is 5.91 Å². The van der Waals surface area contributed by atoms with Gasteiger partial charge in [0.15, 0.2) is 5.82 Å². The number of thiophene rings is 1. The summed E-state index contributed by atoms with van der Waals surface area (Å²) in [6, 6.07) is 1.81. The summed E-state index contributed by atoms with van der Waals surface area (Å²) < 4.78 is 5.28. The van der Waals surface area contributed by atoms with Crippen LogP contribution in [0, 0.1) is 11.8 Å².